The van der Waals surface area contributed by atoms with Crippen LogP contribution in [0.2, 0.25) is 0 Å². The summed E-state index contributed by atoms with van der Waals surface area (Å²) in [6.45, 7) is 4.05. The van der Waals surface area contributed by atoms with E-state index in [4.69, 9.17) is 5.73 Å². The molecule has 0 radical (unpaired) electrons. The van der Waals surface area contributed by atoms with Crippen molar-refractivity contribution in [1.29, 1.82) is 0 Å². The molecule has 0 unspecified atom stereocenters. The quantitative estimate of drug-likeness (QED) is 0.709. The summed E-state index contributed by atoms with van der Waals surface area (Å²) in [6, 6.07) is 1.78. The third kappa shape index (κ3) is 4.08. The minimum absolute atomic E-state index is 0.118. The van der Waals surface area contributed by atoms with Gasteiger partial charge in [0.25, 0.3) is 5.91 Å². The van der Waals surface area contributed by atoms with Gasteiger partial charge in [0.2, 0.25) is 5.91 Å². The van der Waals surface area contributed by atoms with E-state index in [-0.39, 0.29) is 24.9 Å². The van der Waals surface area contributed by atoms with E-state index in [1.165, 1.54) is 11.3 Å². The molecule has 0 aliphatic heterocycles. The molecule has 20 heavy (non-hydrogen) atoms. The lowest BCUT2D eigenvalue weighted by Gasteiger charge is -2.22. The van der Waals surface area contributed by atoms with Crippen LogP contribution in [0.1, 0.15) is 29.1 Å². The van der Waals surface area contributed by atoms with Gasteiger partial charge in [-0.1, -0.05) is 11.8 Å². The molecule has 1 heterocycles. The predicted octanol–water partition coefficient (Wildman–Crippen LogP) is 0.560. The Kier molecular flexibility index (Phi) is 5.74. The van der Waals surface area contributed by atoms with E-state index in [2.05, 4.69) is 22.5 Å². The largest absolute Gasteiger partial charge is 0.359 e. The van der Waals surface area contributed by atoms with Crippen molar-refractivity contribution in [2.75, 3.05) is 20.1 Å². The summed E-state index contributed by atoms with van der Waals surface area (Å²) in [4.78, 5) is 24.3. The Balaban J connectivity index is 2.73. The maximum atomic E-state index is 12.1. The zero-order valence-electron chi connectivity index (χ0n) is 11.9. The number of hydrogen-bond acceptors (Lipinski definition) is 4. The van der Waals surface area contributed by atoms with Gasteiger partial charge in [0.1, 0.15) is 4.88 Å². The van der Waals surface area contributed by atoms with Crippen molar-refractivity contribution in [3.8, 4) is 11.8 Å². The Labute approximate surface area is 122 Å². The molecule has 0 spiro atoms. The summed E-state index contributed by atoms with van der Waals surface area (Å²) in [7, 11) is 1.58. The monoisotopic (exact) mass is 293 g/mol. The van der Waals surface area contributed by atoms with Crippen LogP contribution in [0.3, 0.4) is 0 Å². The first-order valence-corrected chi connectivity index (χ1v) is 7.07. The first kappa shape index (κ1) is 16.2. The summed E-state index contributed by atoms with van der Waals surface area (Å²) in [5.41, 5.74) is 5.32. The van der Waals surface area contributed by atoms with E-state index in [1.54, 1.807) is 32.3 Å². The molecule has 0 saturated heterocycles. The molecule has 0 aliphatic carbocycles. The van der Waals surface area contributed by atoms with E-state index in [1.807, 2.05) is 0 Å². The lowest BCUT2D eigenvalue weighted by Crippen LogP contribution is -2.43. The van der Waals surface area contributed by atoms with Crippen molar-refractivity contribution >= 4 is 23.2 Å². The number of carbonyl (C=O) groups excluding carboxylic acids is 2. The predicted molar refractivity (Wildman–Crippen MR) is 80.4 cm³/mol. The molecule has 108 valence electrons. The fraction of sp³-hybridized carbons (Fsp3) is 0.429. The van der Waals surface area contributed by atoms with Crippen LogP contribution in [0, 0.1) is 17.3 Å². The minimum atomic E-state index is -0.662. The zero-order chi connectivity index (χ0) is 15.2. The SMILES string of the molecule is CNC(=O)C(C)(C)CNC(=O)c1sccc1C#CCN. The molecule has 1 aromatic rings. The highest BCUT2D eigenvalue weighted by atomic mass is 32.1. The maximum Gasteiger partial charge on any atom is 0.262 e. The number of hydrogen-bond donors (Lipinski definition) is 3. The van der Waals surface area contributed by atoms with E-state index >= 15 is 0 Å². The van der Waals surface area contributed by atoms with Gasteiger partial charge in [0, 0.05) is 19.2 Å². The average Bonchev–Trinajstić information content (AvgIpc) is 2.89. The first-order chi connectivity index (χ1) is 9.42. The molecule has 1 rings (SSSR count). The number of carbonyl (C=O) groups is 2. The highest BCUT2D eigenvalue weighted by Crippen LogP contribution is 2.17. The van der Waals surface area contributed by atoms with Gasteiger partial charge in [-0.3, -0.25) is 9.59 Å². The van der Waals surface area contributed by atoms with E-state index in [0.717, 1.165) is 0 Å². The van der Waals surface area contributed by atoms with Gasteiger partial charge in [-0.15, -0.1) is 11.3 Å². The van der Waals surface area contributed by atoms with Crippen LogP contribution in [-0.2, 0) is 4.79 Å². The average molecular weight is 293 g/mol. The number of rotatable bonds is 4. The lowest BCUT2D eigenvalue weighted by molar-refractivity contribution is -0.128. The van der Waals surface area contributed by atoms with Crippen LogP contribution < -0.4 is 16.4 Å². The lowest BCUT2D eigenvalue weighted by atomic mass is 9.92. The highest BCUT2D eigenvalue weighted by Gasteiger charge is 2.27. The molecule has 0 fully saturated rings. The summed E-state index contributed by atoms with van der Waals surface area (Å²) >= 11 is 1.32. The summed E-state index contributed by atoms with van der Waals surface area (Å²) < 4.78 is 0. The number of thiophene rings is 1. The van der Waals surface area contributed by atoms with Crippen LogP contribution in [0.4, 0.5) is 0 Å². The van der Waals surface area contributed by atoms with Crippen LogP contribution in [0.5, 0.6) is 0 Å². The normalized spacial score (nSPS) is 10.4. The third-order valence-electron chi connectivity index (χ3n) is 2.73. The van der Waals surface area contributed by atoms with Gasteiger partial charge >= 0.3 is 0 Å². The number of nitrogens with one attached hydrogen (secondary N) is 2. The molecule has 0 saturated carbocycles. The fourth-order valence-electron chi connectivity index (χ4n) is 1.53. The van der Waals surface area contributed by atoms with E-state index in [0.29, 0.717) is 10.4 Å². The fourth-order valence-corrected chi connectivity index (χ4v) is 2.30. The van der Waals surface area contributed by atoms with Crippen LogP contribution >= 0.6 is 11.3 Å². The van der Waals surface area contributed by atoms with Crippen LogP contribution in [0.25, 0.3) is 0 Å². The molecule has 6 heteroatoms. The van der Waals surface area contributed by atoms with Crippen molar-refractivity contribution in [2.24, 2.45) is 11.1 Å². The number of nitrogens with two attached hydrogens (primary N) is 1. The molecule has 0 aliphatic rings. The Bertz CT molecular complexity index is 552. The minimum Gasteiger partial charge on any atom is -0.359 e. The second-order valence-electron chi connectivity index (χ2n) is 4.81. The van der Waals surface area contributed by atoms with Crippen LogP contribution in [-0.4, -0.2) is 32.0 Å². The topological polar surface area (TPSA) is 84.2 Å². The Hall–Kier alpha value is -1.84. The second kappa shape index (κ2) is 7.08. The number of amides is 2. The van der Waals surface area contributed by atoms with E-state index < -0.39 is 5.41 Å². The van der Waals surface area contributed by atoms with Gasteiger partial charge in [-0.2, -0.15) is 0 Å². The van der Waals surface area contributed by atoms with Crippen LogP contribution in [0.15, 0.2) is 11.4 Å². The van der Waals surface area contributed by atoms with Crippen molar-refractivity contribution in [2.45, 2.75) is 13.8 Å². The molecule has 4 N–H and O–H groups in total. The standard InChI is InChI=1S/C14H19N3O2S/c1-14(2,13(19)16-3)9-17-12(18)11-10(5-4-7-15)6-8-20-11/h6,8H,7,9,15H2,1-3H3,(H,16,19)(H,17,18). The third-order valence-corrected chi connectivity index (χ3v) is 3.64. The molecule has 0 atom stereocenters. The summed E-state index contributed by atoms with van der Waals surface area (Å²) in [6.07, 6.45) is 0. The molecular weight excluding hydrogens is 274 g/mol. The van der Waals surface area contributed by atoms with E-state index in [9.17, 15) is 9.59 Å². The van der Waals surface area contributed by atoms with Gasteiger partial charge in [0.15, 0.2) is 0 Å². The maximum absolute atomic E-state index is 12.1. The summed E-state index contributed by atoms with van der Waals surface area (Å²) in [5, 5.41) is 7.15. The highest BCUT2D eigenvalue weighted by molar-refractivity contribution is 7.12. The molecule has 1 aromatic heterocycles. The van der Waals surface area contributed by atoms with Gasteiger partial charge < -0.3 is 16.4 Å². The Morgan fingerprint density at radius 3 is 2.75 bits per heavy atom. The first-order valence-electron chi connectivity index (χ1n) is 6.19. The Morgan fingerprint density at radius 2 is 2.15 bits per heavy atom. The van der Waals surface area contributed by atoms with Crippen molar-refractivity contribution in [3.63, 3.8) is 0 Å². The molecule has 5 nitrogen and oxygen atoms in total. The summed E-state index contributed by atoms with van der Waals surface area (Å²) in [5.74, 6) is 5.24. The van der Waals surface area contributed by atoms with Gasteiger partial charge in [-0.05, 0) is 25.3 Å². The van der Waals surface area contributed by atoms with Crippen molar-refractivity contribution in [3.05, 3.63) is 21.9 Å². The zero-order valence-corrected chi connectivity index (χ0v) is 12.7. The smallest absolute Gasteiger partial charge is 0.262 e. The second-order valence-corrected chi connectivity index (χ2v) is 5.73. The molecular formula is C14H19N3O2S. The van der Waals surface area contributed by atoms with Crippen molar-refractivity contribution < 1.29 is 9.59 Å². The molecule has 0 bridgehead atoms. The van der Waals surface area contributed by atoms with Gasteiger partial charge in [0.05, 0.1) is 12.0 Å². The van der Waals surface area contributed by atoms with Crippen molar-refractivity contribution in [1.82, 2.24) is 10.6 Å². The van der Waals surface area contributed by atoms with Gasteiger partial charge in [-0.25, -0.2) is 0 Å². The Morgan fingerprint density at radius 1 is 1.45 bits per heavy atom. The molecule has 2 amide bonds. The molecule has 0 aromatic carbocycles.